The Hall–Kier alpha value is -1.38. The first kappa shape index (κ1) is 12.1. The van der Waals surface area contributed by atoms with Crippen LogP contribution in [0.4, 0.5) is 0 Å². The Labute approximate surface area is 103 Å². The number of hydrogen-bond donors (Lipinski definition) is 0. The van der Waals surface area contributed by atoms with Crippen LogP contribution in [0.2, 0.25) is 0 Å². The minimum atomic E-state index is 0.177. The summed E-state index contributed by atoms with van der Waals surface area (Å²) in [5.41, 5.74) is 1.78. The molecule has 1 aromatic heterocycles. The average molecular weight is 232 g/mol. The molecule has 0 bridgehead atoms. The first-order valence-electron chi connectivity index (χ1n) is 6.45. The standard InChI is InChI=1S/C14H20N2O/c1-3-12-6-4-5-9-16(12)14(17)13-7-8-15-10-11(13)2/h7-8,10,12H,3-6,9H2,1-2H3. The lowest BCUT2D eigenvalue weighted by molar-refractivity contribution is 0.0607. The Morgan fingerprint density at radius 3 is 3.06 bits per heavy atom. The number of hydrogen-bond acceptors (Lipinski definition) is 2. The van der Waals surface area contributed by atoms with Crippen molar-refractivity contribution in [2.45, 2.75) is 45.6 Å². The number of rotatable bonds is 2. The highest BCUT2D eigenvalue weighted by Crippen LogP contribution is 2.22. The molecule has 92 valence electrons. The first-order chi connectivity index (χ1) is 8.24. The van der Waals surface area contributed by atoms with Crippen molar-refractivity contribution >= 4 is 5.91 Å². The highest BCUT2D eigenvalue weighted by atomic mass is 16.2. The second-order valence-electron chi connectivity index (χ2n) is 4.75. The average Bonchev–Trinajstić information content (AvgIpc) is 2.38. The number of amides is 1. The molecule has 1 aliphatic rings. The molecule has 0 aliphatic carbocycles. The van der Waals surface area contributed by atoms with E-state index in [4.69, 9.17) is 0 Å². The van der Waals surface area contributed by atoms with Crippen molar-refractivity contribution in [3.05, 3.63) is 29.6 Å². The van der Waals surface area contributed by atoms with Crippen molar-refractivity contribution in [2.24, 2.45) is 0 Å². The van der Waals surface area contributed by atoms with Crippen LogP contribution < -0.4 is 0 Å². The van der Waals surface area contributed by atoms with E-state index in [9.17, 15) is 4.79 Å². The summed E-state index contributed by atoms with van der Waals surface area (Å²) in [6, 6.07) is 2.25. The molecule has 1 amide bonds. The second-order valence-corrected chi connectivity index (χ2v) is 4.75. The van der Waals surface area contributed by atoms with E-state index in [0.717, 1.165) is 36.9 Å². The van der Waals surface area contributed by atoms with Crippen molar-refractivity contribution in [3.8, 4) is 0 Å². The molecule has 17 heavy (non-hydrogen) atoms. The summed E-state index contributed by atoms with van der Waals surface area (Å²) in [7, 11) is 0. The van der Waals surface area contributed by atoms with Gasteiger partial charge >= 0.3 is 0 Å². The Balaban J connectivity index is 2.21. The van der Waals surface area contributed by atoms with Crippen LogP contribution in [0.15, 0.2) is 18.5 Å². The molecule has 0 radical (unpaired) electrons. The summed E-state index contributed by atoms with van der Waals surface area (Å²) in [5.74, 6) is 0.177. The van der Waals surface area contributed by atoms with Crippen molar-refractivity contribution in [3.63, 3.8) is 0 Å². The van der Waals surface area contributed by atoms with Crippen LogP contribution in [0.3, 0.4) is 0 Å². The van der Waals surface area contributed by atoms with Crippen LogP contribution in [0, 0.1) is 6.92 Å². The first-order valence-corrected chi connectivity index (χ1v) is 6.45. The van der Waals surface area contributed by atoms with Gasteiger partial charge in [0.2, 0.25) is 0 Å². The Bertz CT molecular complexity index is 403. The zero-order chi connectivity index (χ0) is 12.3. The van der Waals surface area contributed by atoms with E-state index < -0.39 is 0 Å². The maximum atomic E-state index is 12.5. The highest BCUT2D eigenvalue weighted by molar-refractivity contribution is 5.95. The van der Waals surface area contributed by atoms with Gasteiger partial charge in [0.05, 0.1) is 0 Å². The van der Waals surface area contributed by atoms with E-state index in [-0.39, 0.29) is 5.91 Å². The maximum absolute atomic E-state index is 12.5. The molecule has 2 rings (SSSR count). The Morgan fingerprint density at radius 2 is 2.35 bits per heavy atom. The third kappa shape index (κ3) is 2.48. The molecule has 0 aromatic carbocycles. The van der Waals surface area contributed by atoms with E-state index in [1.54, 1.807) is 12.4 Å². The van der Waals surface area contributed by atoms with Crippen LogP contribution in [0.5, 0.6) is 0 Å². The summed E-state index contributed by atoms with van der Waals surface area (Å²) in [4.78, 5) is 18.6. The fourth-order valence-corrected chi connectivity index (χ4v) is 2.56. The lowest BCUT2D eigenvalue weighted by Gasteiger charge is -2.35. The zero-order valence-electron chi connectivity index (χ0n) is 10.6. The van der Waals surface area contributed by atoms with Crippen molar-refractivity contribution < 1.29 is 4.79 Å². The van der Waals surface area contributed by atoms with Gasteiger partial charge in [-0.3, -0.25) is 9.78 Å². The summed E-state index contributed by atoms with van der Waals surface area (Å²) < 4.78 is 0. The lowest BCUT2D eigenvalue weighted by atomic mass is 9.98. The molecule has 2 heterocycles. The minimum Gasteiger partial charge on any atom is -0.336 e. The van der Waals surface area contributed by atoms with Crippen LogP contribution >= 0.6 is 0 Å². The number of carbonyl (C=O) groups is 1. The van der Waals surface area contributed by atoms with Crippen LogP contribution in [0.25, 0.3) is 0 Å². The molecule has 1 unspecified atom stereocenters. The number of piperidine rings is 1. The normalized spacial score (nSPS) is 20.4. The van der Waals surface area contributed by atoms with Crippen molar-refractivity contribution in [2.75, 3.05) is 6.54 Å². The molecule has 0 saturated carbocycles. The van der Waals surface area contributed by atoms with Gasteiger partial charge in [-0.2, -0.15) is 0 Å². The molecule has 0 spiro atoms. The predicted molar refractivity (Wildman–Crippen MR) is 67.9 cm³/mol. The van der Waals surface area contributed by atoms with Gasteiger partial charge in [-0.15, -0.1) is 0 Å². The monoisotopic (exact) mass is 232 g/mol. The topological polar surface area (TPSA) is 33.2 Å². The minimum absolute atomic E-state index is 0.177. The van der Waals surface area contributed by atoms with Gasteiger partial charge in [0, 0.05) is 30.5 Å². The smallest absolute Gasteiger partial charge is 0.254 e. The van der Waals surface area contributed by atoms with Gasteiger partial charge < -0.3 is 4.90 Å². The number of pyridine rings is 1. The van der Waals surface area contributed by atoms with Gasteiger partial charge in [0.15, 0.2) is 0 Å². The molecular formula is C14H20N2O. The predicted octanol–water partition coefficient (Wildman–Crippen LogP) is 2.79. The number of carbonyl (C=O) groups excluding carboxylic acids is 1. The van der Waals surface area contributed by atoms with Gasteiger partial charge in [-0.25, -0.2) is 0 Å². The van der Waals surface area contributed by atoms with Crippen LogP contribution in [-0.4, -0.2) is 28.4 Å². The molecule has 1 fully saturated rings. The maximum Gasteiger partial charge on any atom is 0.254 e. The number of aryl methyl sites for hydroxylation is 1. The molecular weight excluding hydrogens is 212 g/mol. The van der Waals surface area contributed by atoms with Crippen LogP contribution in [-0.2, 0) is 0 Å². The fraction of sp³-hybridized carbons (Fsp3) is 0.571. The number of likely N-dealkylation sites (tertiary alicyclic amines) is 1. The second kappa shape index (κ2) is 5.30. The Morgan fingerprint density at radius 1 is 1.53 bits per heavy atom. The largest absolute Gasteiger partial charge is 0.336 e. The van der Waals surface area contributed by atoms with E-state index >= 15 is 0 Å². The summed E-state index contributed by atoms with van der Waals surface area (Å²) >= 11 is 0. The Kier molecular flexibility index (Phi) is 3.77. The van der Waals surface area contributed by atoms with Crippen molar-refractivity contribution in [1.29, 1.82) is 0 Å². The number of aromatic nitrogens is 1. The van der Waals surface area contributed by atoms with E-state index in [1.165, 1.54) is 6.42 Å². The van der Waals surface area contributed by atoms with Gasteiger partial charge in [-0.05, 0) is 44.2 Å². The highest BCUT2D eigenvalue weighted by Gasteiger charge is 2.26. The lowest BCUT2D eigenvalue weighted by Crippen LogP contribution is -2.43. The summed E-state index contributed by atoms with van der Waals surface area (Å²) in [5, 5.41) is 0. The third-order valence-corrected chi connectivity index (χ3v) is 3.61. The number of nitrogens with zero attached hydrogens (tertiary/aromatic N) is 2. The van der Waals surface area contributed by atoms with E-state index in [2.05, 4.69) is 11.9 Å². The van der Waals surface area contributed by atoms with Crippen LogP contribution in [0.1, 0.15) is 48.5 Å². The van der Waals surface area contributed by atoms with E-state index in [0.29, 0.717) is 6.04 Å². The van der Waals surface area contributed by atoms with E-state index in [1.807, 2.05) is 17.9 Å². The molecule has 3 heteroatoms. The van der Waals surface area contributed by atoms with Gasteiger partial charge in [0.25, 0.3) is 5.91 Å². The van der Waals surface area contributed by atoms with Gasteiger partial charge in [0.1, 0.15) is 0 Å². The zero-order valence-corrected chi connectivity index (χ0v) is 10.6. The molecule has 1 saturated heterocycles. The van der Waals surface area contributed by atoms with Gasteiger partial charge in [-0.1, -0.05) is 6.92 Å². The fourth-order valence-electron chi connectivity index (χ4n) is 2.56. The summed E-state index contributed by atoms with van der Waals surface area (Å²) in [6.45, 7) is 5.01. The summed E-state index contributed by atoms with van der Waals surface area (Å²) in [6.07, 6.45) is 8.04. The van der Waals surface area contributed by atoms with Crippen molar-refractivity contribution in [1.82, 2.24) is 9.88 Å². The SMILES string of the molecule is CCC1CCCCN1C(=O)c1ccncc1C. The molecule has 0 N–H and O–H groups in total. The molecule has 3 nitrogen and oxygen atoms in total. The third-order valence-electron chi connectivity index (χ3n) is 3.61. The molecule has 1 atom stereocenters. The molecule has 1 aliphatic heterocycles. The molecule has 1 aromatic rings. The quantitative estimate of drug-likeness (QED) is 0.785.